The molecule has 0 spiro atoms. The van der Waals surface area contributed by atoms with Gasteiger partial charge in [0.1, 0.15) is 17.7 Å². The predicted octanol–water partition coefficient (Wildman–Crippen LogP) is -0.143. The molecular weight excluding hydrogens is 417 g/mol. The van der Waals surface area contributed by atoms with E-state index in [2.05, 4.69) is 20.8 Å². The van der Waals surface area contributed by atoms with Crippen molar-refractivity contribution in [3.63, 3.8) is 0 Å². The van der Waals surface area contributed by atoms with E-state index in [1.165, 1.54) is 0 Å². The molecule has 0 bridgehead atoms. The molecule has 0 aromatic heterocycles. The molecule has 7 nitrogen and oxygen atoms in total. The van der Waals surface area contributed by atoms with Gasteiger partial charge in [-0.25, -0.2) is 0 Å². The summed E-state index contributed by atoms with van der Waals surface area (Å²) in [7, 11) is 8.04. The second kappa shape index (κ2) is 14.6. The Morgan fingerprint density at radius 3 is 0.852 bits per heavy atom. The van der Waals surface area contributed by atoms with E-state index in [1.807, 2.05) is 7.11 Å². The first-order valence-corrected chi connectivity index (χ1v) is 16.6. The van der Waals surface area contributed by atoms with Crippen molar-refractivity contribution >= 4 is 36.9 Å². The minimum Gasteiger partial charge on any atom is -0.420 e. The Morgan fingerprint density at radius 1 is 0.481 bits per heavy atom. The minimum absolute atomic E-state index is 0.0916. The van der Waals surface area contributed by atoms with Crippen LogP contribution in [0.1, 0.15) is 20.8 Å². The van der Waals surface area contributed by atoms with Crippen LogP contribution in [0.5, 0.6) is 0 Å². The second-order valence-corrected chi connectivity index (χ2v) is 21.8. The third-order valence-electron chi connectivity index (χ3n) is 5.88. The lowest BCUT2D eigenvalue weighted by Crippen LogP contribution is -2.57. The van der Waals surface area contributed by atoms with E-state index in [4.69, 9.17) is 32.8 Å². The number of methoxy groups -OCH3 is 6. The molecule has 0 aliphatic rings. The molecule has 0 fully saturated rings. The van der Waals surface area contributed by atoms with Gasteiger partial charge in [-0.2, -0.15) is 0 Å². The van der Waals surface area contributed by atoms with Crippen molar-refractivity contribution in [3.8, 4) is 0 Å². The Kier molecular flexibility index (Phi) is 14.9. The molecule has 0 saturated heterocycles. The average Bonchev–Trinajstić information content (AvgIpc) is 2.68. The second-order valence-electron chi connectivity index (χ2n) is 7.17. The van der Waals surface area contributed by atoms with E-state index in [9.17, 15) is 0 Å². The molecule has 0 radical (unpaired) electrons. The van der Waals surface area contributed by atoms with Crippen LogP contribution in [-0.4, -0.2) is 104 Å². The number of ether oxygens (including phenoxy) is 6. The van der Waals surface area contributed by atoms with Gasteiger partial charge < -0.3 is 32.8 Å². The SMILES string of the molecule is COC(OC)[SiH2]C(C)[Si](OC)(C(C)[SiH2]C(OC)OC)C(C)[SiH2]C(OC)OC. The molecule has 0 N–H and O–H groups in total. The average molecular weight is 459 g/mol. The van der Waals surface area contributed by atoms with Crippen LogP contribution < -0.4 is 0 Å². The highest BCUT2D eigenvalue weighted by molar-refractivity contribution is 6.95. The standard InChI is InChI=1S/C16H42O7Si4/c1-11(24-14(17-4)18-5)27(23-10,12(2)25-15(19-6)20-7)13(3)26-16(21-8)22-9/h11-16H,24-26H2,1-10H3. The smallest absolute Gasteiger partial charge is 0.191 e. The lowest BCUT2D eigenvalue weighted by Gasteiger charge is -2.46. The fourth-order valence-electron chi connectivity index (χ4n) is 4.35. The number of rotatable bonds is 16. The van der Waals surface area contributed by atoms with Crippen LogP contribution in [0.25, 0.3) is 0 Å². The zero-order valence-corrected chi connectivity index (χ0v) is 24.2. The van der Waals surface area contributed by atoms with Crippen LogP contribution in [0.15, 0.2) is 0 Å². The maximum Gasteiger partial charge on any atom is 0.191 e. The molecule has 11 heteroatoms. The minimum atomic E-state index is -2.16. The van der Waals surface area contributed by atoms with Crippen LogP contribution in [0.4, 0.5) is 0 Å². The van der Waals surface area contributed by atoms with E-state index < -0.39 is 36.9 Å². The Labute approximate surface area is 173 Å². The van der Waals surface area contributed by atoms with Crippen molar-refractivity contribution in [2.24, 2.45) is 0 Å². The van der Waals surface area contributed by atoms with Gasteiger partial charge in [-0.1, -0.05) is 20.8 Å². The van der Waals surface area contributed by atoms with Crippen LogP contribution in [0.3, 0.4) is 0 Å². The highest BCUT2D eigenvalue weighted by Gasteiger charge is 2.51. The fourth-order valence-corrected chi connectivity index (χ4v) is 29.2. The van der Waals surface area contributed by atoms with Gasteiger partial charge in [0.05, 0.1) is 28.6 Å². The molecule has 0 aromatic rings. The third-order valence-corrected chi connectivity index (χ3v) is 24.3. The molecule has 3 unspecified atom stereocenters. The molecule has 0 aromatic carbocycles. The van der Waals surface area contributed by atoms with E-state index in [-0.39, 0.29) is 17.7 Å². The van der Waals surface area contributed by atoms with Crippen molar-refractivity contribution in [1.82, 2.24) is 0 Å². The van der Waals surface area contributed by atoms with Gasteiger partial charge in [0.25, 0.3) is 0 Å². The summed E-state index contributed by atoms with van der Waals surface area (Å²) in [4.78, 5) is 0. The van der Waals surface area contributed by atoms with Crippen molar-refractivity contribution in [1.29, 1.82) is 0 Å². The highest BCUT2D eigenvalue weighted by Crippen LogP contribution is 2.42. The largest absolute Gasteiger partial charge is 0.420 e. The Morgan fingerprint density at radius 2 is 0.704 bits per heavy atom. The zero-order valence-electron chi connectivity index (χ0n) is 18.9. The van der Waals surface area contributed by atoms with Gasteiger partial charge in [-0.15, -0.1) is 0 Å². The molecule has 0 heterocycles. The monoisotopic (exact) mass is 458 g/mol. The summed E-state index contributed by atoms with van der Waals surface area (Å²) in [5.41, 5.74) is 0. The van der Waals surface area contributed by atoms with Gasteiger partial charge in [0.15, 0.2) is 8.32 Å². The van der Waals surface area contributed by atoms with Gasteiger partial charge >= 0.3 is 0 Å². The van der Waals surface area contributed by atoms with Gasteiger partial charge in [-0.3, -0.25) is 0 Å². The summed E-state index contributed by atoms with van der Waals surface area (Å²) in [6.07, 6.45) is 0. The summed E-state index contributed by atoms with van der Waals surface area (Å²) in [5.74, 6) is -0.275. The maximum atomic E-state index is 6.50. The van der Waals surface area contributed by atoms with E-state index >= 15 is 0 Å². The third kappa shape index (κ3) is 7.73. The Balaban J connectivity index is 5.76. The van der Waals surface area contributed by atoms with Gasteiger partial charge in [0, 0.05) is 49.8 Å². The van der Waals surface area contributed by atoms with Crippen LogP contribution >= 0.6 is 0 Å². The molecule has 0 amide bonds. The molecule has 164 valence electrons. The van der Waals surface area contributed by atoms with Gasteiger partial charge in [-0.05, 0) is 15.5 Å². The van der Waals surface area contributed by atoms with Crippen molar-refractivity contribution in [3.05, 3.63) is 0 Å². The Hall–Kier alpha value is 0.588. The highest BCUT2D eigenvalue weighted by atomic mass is 28.4. The van der Waals surface area contributed by atoms with E-state index in [1.54, 1.807) is 42.7 Å². The van der Waals surface area contributed by atoms with E-state index in [0.29, 0.717) is 15.5 Å². The molecule has 0 saturated carbocycles. The summed E-state index contributed by atoms with van der Waals surface area (Å²) in [5, 5.41) is 1.46. The quantitative estimate of drug-likeness (QED) is 0.235. The summed E-state index contributed by atoms with van der Waals surface area (Å²) < 4.78 is 39.8. The zero-order chi connectivity index (χ0) is 21.0. The summed E-state index contributed by atoms with van der Waals surface area (Å²) >= 11 is 0. The normalized spacial score (nSPS) is 19.4. The number of hydrogen-bond acceptors (Lipinski definition) is 7. The van der Waals surface area contributed by atoms with Crippen molar-refractivity contribution < 1.29 is 32.8 Å². The van der Waals surface area contributed by atoms with E-state index in [0.717, 1.165) is 0 Å². The first-order valence-electron chi connectivity index (χ1n) is 9.52. The molecule has 0 aliphatic heterocycles. The topological polar surface area (TPSA) is 64.6 Å². The molecule has 27 heavy (non-hydrogen) atoms. The maximum absolute atomic E-state index is 6.50. The molecular formula is C16H42O7Si4. The lowest BCUT2D eigenvalue weighted by atomic mass is 10.9. The van der Waals surface area contributed by atoms with Gasteiger partial charge in [0.2, 0.25) is 0 Å². The molecule has 0 aliphatic carbocycles. The first-order chi connectivity index (χ1) is 12.8. The van der Waals surface area contributed by atoms with Crippen LogP contribution in [-0.2, 0) is 32.8 Å². The summed E-state index contributed by atoms with van der Waals surface area (Å²) in [6, 6.07) is 0. The Bertz CT molecular complexity index is 318. The van der Waals surface area contributed by atoms with Crippen LogP contribution in [0, 0.1) is 0 Å². The molecule has 0 rings (SSSR count). The van der Waals surface area contributed by atoms with Crippen molar-refractivity contribution in [2.45, 2.75) is 54.0 Å². The lowest BCUT2D eigenvalue weighted by molar-refractivity contribution is -0.0450. The predicted molar refractivity (Wildman–Crippen MR) is 120 cm³/mol. The first kappa shape index (κ1) is 27.6. The number of hydrogen-bond donors (Lipinski definition) is 0. The molecule has 3 atom stereocenters. The van der Waals surface area contributed by atoms with Crippen LogP contribution in [0.2, 0.25) is 15.5 Å². The van der Waals surface area contributed by atoms with Crippen molar-refractivity contribution in [2.75, 3.05) is 49.8 Å². The fraction of sp³-hybridized carbons (Fsp3) is 1.00. The summed E-state index contributed by atoms with van der Waals surface area (Å²) in [6.45, 7) is 7.02.